The summed E-state index contributed by atoms with van der Waals surface area (Å²) in [5.74, 6) is -1.36. The number of hydrogen-bond acceptors (Lipinski definition) is 5. The van der Waals surface area contributed by atoms with Gasteiger partial charge in [-0.05, 0) is 50.5 Å². The van der Waals surface area contributed by atoms with E-state index in [2.05, 4.69) is 5.32 Å². The molecule has 7 nitrogen and oxygen atoms in total. The van der Waals surface area contributed by atoms with Crippen molar-refractivity contribution < 1.29 is 24.2 Å². The van der Waals surface area contributed by atoms with Crippen LogP contribution in [0.5, 0.6) is 0 Å². The lowest BCUT2D eigenvalue weighted by Gasteiger charge is -2.27. The molecule has 2 N–H and O–H groups in total. The van der Waals surface area contributed by atoms with Gasteiger partial charge >= 0.3 is 5.97 Å². The maximum atomic E-state index is 13.4. The predicted octanol–water partition coefficient (Wildman–Crippen LogP) is 3.42. The van der Waals surface area contributed by atoms with Crippen LogP contribution >= 0.6 is 11.6 Å². The number of anilines is 1. The fourth-order valence-corrected chi connectivity index (χ4v) is 3.63. The van der Waals surface area contributed by atoms with Gasteiger partial charge in [0.1, 0.15) is 0 Å². The number of nitrogens with zero attached hydrogens (tertiary/aromatic N) is 1. The number of carbonyl (C=O) groups is 3. The highest BCUT2D eigenvalue weighted by Crippen LogP contribution is 2.28. The molecule has 2 aromatic carbocycles. The van der Waals surface area contributed by atoms with Crippen molar-refractivity contribution in [2.45, 2.75) is 39.7 Å². The van der Waals surface area contributed by atoms with E-state index in [1.807, 2.05) is 32.0 Å². The number of hydrogen-bond donors (Lipinski definition) is 2. The first-order valence-electron chi connectivity index (χ1n) is 10.5. The first-order chi connectivity index (χ1) is 15.3. The van der Waals surface area contributed by atoms with E-state index in [0.717, 1.165) is 16.8 Å². The van der Waals surface area contributed by atoms with Gasteiger partial charge in [-0.3, -0.25) is 9.59 Å². The summed E-state index contributed by atoms with van der Waals surface area (Å²) in [7, 11) is 0. The molecule has 0 spiro atoms. The van der Waals surface area contributed by atoms with Crippen LogP contribution < -0.4 is 10.2 Å². The molecule has 2 aromatic rings. The van der Waals surface area contributed by atoms with Crippen molar-refractivity contribution in [3.05, 3.63) is 64.2 Å². The summed E-state index contributed by atoms with van der Waals surface area (Å²) in [6, 6.07) is 11.5. The molecule has 0 aliphatic rings. The van der Waals surface area contributed by atoms with Crippen LogP contribution in [0, 0.1) is 13.8 Å². The van der Waals surface area contributed by atoms with Crippen molar-refractivity contribution in [3.8, 4) is 0 Å². The fraction of sp³-hybridized carbons (Fsp3) is 0.375. The van der Waals surface area contributed by atoms with Crippen LogP contribution in [-0.2, 0) is 14.3 Å². The normalized spacial score (nSPS) is 11.5. The molecule has 0 radical (unpaired) electrons. The Morgan fingerprint density at radius 3 is 2.34 bits per heavy atom. The van der Waals surface area contributed by atoms with Gasteiger partial charge in [0.05, 0.1) is 23.8 Å². The van der Waals surface area contributed by atoms with Gasteiger partial charge in [0.25, 0.3) is 5.91 Å². The average molecular weight is 461 g/mol. The second-order valence-corrected chi connectivity index (χ2v) is 7.74. The maximum Gasteiger partial charge on any atom is 0.331 e. The van der Waals surface area contributed by atoms with Crippen LogP contribution in [0.3, 0.4) is 0 Å². The average Bonchev–Trinajstić information content (AvgIpc) is 2.76. The predicted molar refractivity (Wildman–Crippen MR) is 124 cm³/mol. The van der Waals surface area contributed by atoms with Gasteiger partial charge in [0.15, 0.2) is 6.04 Å². The SMILES string of the molecule is CCOC(=O)[C@H](CO)NC(=O)CCCN(C(=O)c1ccccc1Cl)c1c(C)cccc1C. The number of carbonyl (C=O) groups excluding carboxylic acids is 3. The molecule has 0 aliphatic carbocycles. The van der Waals surface area contributed by atoms with E-state index in [0.29, 0.717) is 17.0 Å². The molecule has 0 aliphatic heterocycles. The van der Waals surface area contributed by atoms with Gasteiger partial charge in [0.2, 0.25) is 5.91 Å². The third kappa shape index (κ3) is 6.55. The van der Waals surface area contributed by atoms with E-state index in [1.54, 1.807) is 36.1 Å². The maximum absolute atomic E-state index is 13.4. The largest absolute Gasteiger partial charge is 0.464 e. The second-order valence-electron chi connectivity index (χ2n) is 7.34. The molecule has 0 bridgehead atoms. The zero-order valence-corrected chi connectivity index (χ0v) is 19.3. The van der Waals surface area contributed by atoms with Crippen molar-refractivity contribution >= 4 is 35.1 Å². The minimum Gasteiger partial charge on any atom is -0.464 e. The summed E-state index contributed by atoms with van der Waals surface area (Å²) in [5.41, 5.74) is 3.01. The van der Waals surface area contributed by atoms with Crippen LogP contribution in [0.2, 0.25) is 5.02 Å². The minimum atomic E-state index is -1.11. The van der Waals surface area contributed by atoms with Crippen LogP contribution in [0.25, 0.3) is 0 Å². The Bertz CT molecular complexity index is 943. The van der Waals surface area contributed by atoms with Gasteiger partial charge < -0.3 is 20.1 Å². The molecule has 2 rings (SSSR count). The number of aliphatic hydroxyl groups is 1. The Kier molecular flexibility index (Phi) is 9.68. The van der Waals surface area contributed by atoms with Crippen LogP contribution in [0.4, 0.5) is 5.69 Å². The minimum absolute atomic E-state index is 0.0626. The van der Waals surface area contributed by atoms with Crippen LogP contribution in [-0.4, -0.2) is 48.7 Å². The first kappa shape index (κ1) is 25.4. The Morgan fingerprint density at radius 1 is 1.09 bits per heavy atom. The van der Waals surface area contributed by atoms with Crippen molar-refractivity contribution in [2.75, 3.05) is 24.7 Å². The highest BCUT2D eigenvalue weighted by molar-refractivity contribution is 6.34. The summed E-state index contributed by atoms with van der Waals surface area (Å²) >= 11 is 6.26. The smallest absolute Gasteiger partial charge is 0.331 e. The number of halogens is 1. The van der Waals surface area contributed by atoms with Crippen LogP contribution in [0.1, 0.15) is 41.3 Å². The number of esters is 1. The van der Waals surface area contributed by atoms with E-state index in [9.17, 15) is 19.5 Å². The molecule has 172 valence electrons. The number of benzene rings is 2. The highest BCUT2D eigenvalue weighted by Gasteiger charge is 2.24. The number of amides is 2. The molecular formula is C24H29ClN2O5. The molecule has 0 unspecified atom stereocenters. The molecule has 32 heavy (non-hydrogen) atoms. The molecule has 0 saturated heterocycles. The van der Waals surface area contributed by atoms with Gasteiger partial charge in [-0.25, -0.2) is 4.79 Å². The molecule has 1 atom stereocenters. The lowest BCUT2D eigenvalue weighted by atomic mass is 10.1. The van der Waals surface area contributed by atoms with Crippen molar-refractivity contribution in [3.63, 3.8) is 0 Å². The number of ether oxygens (including phenoxy) is 1. The zero-order valence-electron chi connectivity index (χ0n) is 18.6. The molecule has 0 heterocycles. The Labute approximate surface area is 193 Å². The first-order valence-corrected chi connectivity index (χ1v) is 10.9. The number of rotatable bonds is 10. The van der Waals surface area contributed by atoms with E-state index in [1.165, 1.54) is 0 Å². The third-order valence-electron chi connectivity index (χ3n) is 4.93. The Balaban J connectivity index is 2.16. The van der Waals surface area contributed by atoms with Gasteiger partial charge in [-0.1, -0.05) is 41.9 Å². The van der Waals surface area contributed by atoms with Crippen molar-refractivity contribution in [1.29, 1.82) is 0 Å². The van der Waals surface area contributed by atoms with Crippen LogP contribution in [0.15, 0.2) is 42.5 Å². The Morgan fingerprint density at radius 2 is 1.75 bits per heavy atom. The van der Waals surface area contributed by atoms with Gasteiger partial charge in [-0.2, -0.15) is 0 Å². The monoisotopic (exact) mass is 460 g/mol. The Hall–Kier alpha value is -2.90. The molecule has 0 aromatic heterocycles. The lowest BCUT2D eigenvalue weighted by molar-refractivity contribution is -0.148. The van der Waals surface area contributed by atoms with Gasteiger partial charge in [0, 0.05) is 18.7 Å². The van der Waals surface area contributed by atoms with E-state index in [-0.39, 0.29) is 25.5 Å². The molecule has 0 saturated carbocycles. The number of aryl methyl sites for hydroxylation is 2. The van der Waals surface area contributed by atoms with Crippen molar-refractivity contribution in [2.24, 2.45) is 0 Å². The lowest BCUT2D eigenvalue weighted by Crippen LogP contribution is -2.44. The van der Waals surface area contributed by atoms with E-state index >= 15 is 0 Å². The number of para-hydroxylation sites is 1. The summed E-state index contributed by atoms with van der Waals surface area (Å²) in [4.78, 5) is 39.1. The standard InChI is InChI=1S/C24H29ClN2O5/c1-4-32-24(31)20(15-28)26-21(29)13-8-14-27(22-16(2)9-7-10-17(22)3)23(30)18-11-5-6-12-19(18)25/h5-7,9-12,20,28H,4,8,13-15H2,1-3H3,(H,26,29)/t20-/m0/s1. The summed E-state index contributed by atoms with van der Waals surface area (Å²) in [6.45, 7) is 5.36. The zero-order chi connectivity index (χ0) is 23.7. The summed E-state index contributed by atoms with van der Waals surface area (Å²) < 4.78 is 4.84. The van der Waals surface area contributed by atoms with E-state index in [4.69, 9.17) is 16.3 Å². The summed E-state index contributed by atoms with van der Waals surface area (Å²) in [6.07, 6.45) is 0.407. The third-order valence-corrected chi connectivity index (χ3v) is 5.26. The number of nitrogens with one attached hydrogen (secondary N) is 1. The molecular weight excluding hydrogens is 432 g/mol. The fourth-order valence-electron chi connectivity index (χ4n) is 3.41. The summed E-state index contributed by atoms with van der Waals surface area (Å²) in [5, 5.41) is 12.2. The second kappa shape index (κ2) is 12.2. The topological polar surface area (TPSA) is 95.9 Å². The quantitative estimate of drug-likeness (QED) is 0.529. The highest BCUT2D eigenvalue weighted by atomic mass is 35.5. The molecule has 2 amide bonds. The molecule has 8 heteroatoms. The van der Waals surface area contributed by atoms with Gasteiger partial charge in [-0.15, -0.1) is 0 Å². The van der Waals surface area contributed by atoms with Crippen molar-refractivity contribution in [1.82, 2.24) is 5.32 Å². The number of aliphatic hydroxyl groups excluding tert-OH is 1. The van der Waals surface area contributed by atoms with E-state index < -0.39 is 24.5 Å². The molecule has 0 fully saturated rings.